The largest absolute Gasteiger partial charge is 0.513 e. The number of nitrogens with two attached hydrogens (primary N) is 1. The topological polar surface area (TPSA) is 159 Å². The number of methoxy groups -OCH3 is 1. The van der Waals surface area contributed by atoms with Crippen LogP contribution in [-0.4, -0.2) is 62.5 Å². The molecule has 0 aliphatic heterocycles. The van der Waals surface area contributed by atoms with Crippen molar-refractivity contribution in [3.8, 4) is 11.5 Å². The summed E-state index contributed by atoms with van der Waals surface area (Å²) in [4.78, 5) is 49.2. The van der Waals surface area contributed by atoms with Crippen LogP contribution < -0.4 is 15.2 Å². The molecule has 0 aliphatic rings. The van der Waals surface area contributed by atoms with Gasteiger partial charge in [0.15, 0.2) is 11.5 Å². The Morgan fingerprint density at radius 1 is 0.800 bits per heavy atom. The van der Waals surface area contributed by atoms with E-state index in [-0.39, 0.29) is 55.5 Å². The van der Waals surface area contributed by atoms with Gasteiger partial charge >= 0.3 is 24.4 Å². The van der Waals surface area contributed by atoms with Crippen LogP contribution in [0.5, 0.6) is 11.5 Å². The van der Waals surface area contributed by atoms with Gasteiger partial charge in [-0.05, 0) is 49.8 Å². The average Bonchev–Trinajstić information content (AvgIpc) is 2.86. The Kier molecular flexibility index (Phi) is 14.3. The number of carbonyl (C=O) groups is 4. The molecule has 12 heteroatoms. The van der Waals surface area contributed by atoms with Crippen LogP contribution in [-0.2, 0) is 34.9 Å². The lowest BCUT2D eigenvalue weighted by molar-refractivity contribution is -0.148. The number of esters is 1. The van der Waals surface area contributed by atoms with Gasteiger partial charge in [0, 0.05) is 12.8 Å². The van der Waals surface area contributed by atoms with E-state index in [4.69, 9.17) is 38.9 Å². The first-order chi connectivity index (χ1) is 18.7. The zero-order valence-electron chi connectivity index (χ0n) is 24.6. The van der Waals surface area contributed by atoms with Crippen molar-refractivity contribution in [3.63, 3.8) is 0 Å². The average molecular weight is 570 g/mol. The summed E-state index contributed by atoms with van der Waals surface area (Å²) in [6.45, 7) is 12.8. The van der Waals surface area contributed by atoms with Crippen molar-refractivity contribution in [2.45, 2.75) is 85.5 Å². The highest BCUT2D eigenvalue weighted by molar-refractivity contribution is 5.81. The summed E-state index contributed by atoms with van der Waals surface area (Å²) in [7, 11) is 1.19. The minimum atomic E-state index is -1.64. The quantitative estimate of drug-likeness (QED) is 0.178. The number of rotatable bonds is 14. The molecule has 0 radical (unpaired) electrons. The van der Waals surface area contributed by atoms with E-state index in [0.717, 1.165) is 0 Å². The molecule has 226 valence electrons. The predicted molar refractivity (Wildman–Crippen MR) is 144 cm³/mol. The maximum Gasteiger partial charge on any atom is 0.513 e. The van der Waals surface area contributed by atoms with Crippen LogP contribution in [0.3, 0.4) is 0 Å². The van der Waals surface area contributed by atoms with Gasteiger partial charge in [-0.2, -0.15) is 0 Å². The third-order valence-corrected chi connectivity index (χ3v) is 5.40. The van der Waals surface area contributed by atoms with E-state index < -0.39 is 36.1 Å². The van der Waals surface area contributed by atoms with Crippen LogP contribution in [0, 0.1) is 11.8 Å². The summed E-state index contributed by atoms with van der Waals surface area (Å²) < 4.78 is 36.0. The Labute approximate surface area is 235 Å². The zero-order valence-corrected chi connectivity index (χ0v) is 24.6. The molecule has 0 spiro atoms. The molecule has 1 aromatic rings. The Balaban J connectivity index is 3.20. The summed E-state index contributed by atoms with van der Waals surface area (Å²) in [6, 6.07) is 4.29. The number of carbonyl (C=O) groups excluding carboxylic acids is 4. The summed E-state index contributed by atoms with van der Waals surface area (Å²) in [5, 5.41) is 0. The smallest absolute Gasteiger partial charge is 0.468 e. The first kappa shape index (κ1) is 34.5. The predicted octanol–water partition coefficient (Wildman–Crippen LogP) is 5.17. The molecule has 3 atom stereocenters. The van der Waals surface area contributed by atoms with Crippen molar-refractivity contribution in [1.29, 1.82) is 0 Å². The van der Waals surface area contributed by atoms with Crippen molar-refractivity contribution < 1.29 is 52.3 Å². The number of ether oxygens (including phenoxy) is 7. The summed E-state index contributed by atoms with van der Waals surface area (Å²) in [5.74, 6) is -0.874. The van der Waals surface area contributed by atoms with E-state index in [2.05, 4.69) is 0 Å². The summed E-state index contributed by atoms with van der Waals surface area (Å²) >= 11 is 0. The SMILES string of the molecule is CC[C@H](C)OC(=O)O[C@@H](C)CC(N)(Cc1ccc(OC(=O)OCC(C)C)c(OC(=O)OCC(C)C)c1)C(=O)OC. The van der Waals surface area contributed by atoms with E-state index in [0.29, 0.717) is 12.0 Å². The Bertz CT molecular complexity index is 994. The van der Waals surface area contributed by atoms with Crippen LogP contribution in [0.2, 0.25) is 0 Å². The highest BCUT2D eigenvalue weighted by atomic mass is 16.7. The fourth-order valence-corrected chi connectivity index (χ4v) is 3.32. The molecule has 40 heavy (non-hydrogen) atoms. The third-order valence-electron chi connectivity index (χ3n) is 5.40. The molecule has 0 aliphatic carbocycles. The fourth-order valence-electron chi connectivity index (χ4n) is 3.32. The molecule has 0 amide bonds. The van der Waals surface area contributed by atoms with Crippen molar-refractivity contribution >= 4 is 24.4 Å². The Morgan fingerprint density at radius 2 is 1.32 bits per heavy atom. The molecule has 0 saturated heterocycles. The van der Waals surface area contributed by atoms with Gasteiger partial charge in [0.1, 0.15) is 17.7 Å². The minimum Gasteiger partial charge on any atom is -0.468 e. The van der Waals surface area contributed by atoms with E-state index >= 15 is 0 Å². The molecule has 0 fully saturated rings. The van der Waals surface area contributed by atoms with Crippen LogP contribution in [0.1, 0.15) is 66.9 Å². The van der Waals surface area contributed by atoms with E-state index in [1.165, 1.54) is 25.3 Å². The highest BCUT2D eigenvalue weighted by Gasteiger charge is 2.38. The molecule has 0 saturated carbocycles. The van der Waals surface area contributed by atoms with Gasteiger partial charge in [0.05, 0.1) is 20.3 Å². The standard InChI is InChI=1S/C28H43NO11/c1-9-19(6)37-27(33)38-20(7)13-28(29,24(30)34-8)14-21-10-11-22(39-25(31)35-15-17(2)3)23(12-21)40-26(32)36-16-18(4)5/h10-12,17-20H,9,13-16,29H2,1-8H3/t19-,20-,28?/m0/s1. The van der Waals surface area contributed by atoms with Crippen LogP contribution in [0.15, 0.2) is 18.2 Å². The Morgan fingerprint density at radius 3 is 1.82 bits per heavy atom. The molecular formula is C28H43NO11. The second-order valence-electron chi connectivity index (χ2n) is 10.4. The van der Waals surface area contributed by atoms with Gasteiger partial charge < -0.3 is 38.9 Å². The van der Waals surface area contributed by atoms with Crippen LogP contribution >= 0.6 is 0 Å². The van der Waals surface area contributed by atoms with E-state index in [1.54, 1.807) is 13.8 Å². The monoisotopic (exact) mass is 569 g/mol. The van der Waals surface area contributed by atoms with Crippen molar-refractivity contribution in [1.82, 2.24) is 0 Å². The van der Waals surface area contributed by atoms with Crippen molar-refractivity contribution in [2.75, 3.05) is 20.3 Å². The van der Waals surface area contributed by atoms with Gasteiger partial charge in [-0.3, -0.25) is 4.79 Å². The lowest BCUT2D eigenvalue weighted by Gasteiger charge is -2.29. The number of hydrogen-bond acceptors (Lipinski definition) is 12. The molecule has 0 aromatic heterocycles. The maximum atomic E-state index is 12.7. The van der Waals surface area contributed by atoms with E-state index in [1.807, 2.05) is 34.6 Å². The van der Waals surface area contributed by atoms with Gasteiger partial charge in [-0.1, -0.05) is 40.7 Å². The molecule has 1 aromatic carbocycles. The summed E-state index contributed by atoms with van der Waals surface area (Å²) in [6.07, 6.45) is -3.63. The summed E-state index contributed by atoms with van der Waals surface area (Å²) in [5.41, 5.74) is 5.25. The molecule has 2 N–H and O–H groups in total. The van der Waals surface area contributed by atoms with Crippen LogP contribution in [0.4, 0.5) is 14.4 Å². The van der Waals surface area contributed by atoms with Crippen molar-refractivity contribution in [2.24, 2.45) is 17.6 Å². The number of benzene rings is 1. The molecule has 12 nitrogen and oxygen atoms in total. The maximum absolute atomic E-state index is 12.7. The first-order valence-corrected chi connectivity index (χ1v) is 13.3. The molecule has 1 rings (SSSR count). The van der Waals surface area contributed by atoms with Gasteiger partial charge in [0.2, 0.25) is 0 Å². The van der Waals surface area contributed by atoms with Gasteiger partial charge in [-0.25, -0.2) is 14.4 Å². The lowest BCUT2D eigenvalue weighted by Crippen LogP contribution is -2.53. The fraction of sp³-hybridized carbons (Fsp3) is 0.643. The third kappa shape index (κ3) is 12.5. The van der Waals surface area contributed by atoms with Gasteiger partial charge in [0.25, 0.3) is 0 Å². The molecule has 1 unspecified atom stereocenters. The normalized spacial score (nSPS) is 14.0. The molecule has 0 heterocycles. The molecule has 0 bridgehead atoms. The zero-order chi connectivity index (χ0) is 30.5. The minimum absolute atomic E-state index is 0.0604. The van der Waals surface area contributed by atoms with Crippen molar-refractivity contribution in [3.05, 3.63) is 23.8 Å². The number of hydrogen-bond donors (Lipinski definition) is 1. The lowest BCUT2D eigenvalue weighted by atomic mass is 9.86. The first-order valence-electron chi connectivity index (χ1n) is 13.3. The van der Waals surface area contributed by atoms with Gasteiger partial charge in [-0.15, -0.1) is 0 Å². The second kappa shape index (κ2) is 16.5. The van der Waals surface area contributed by atoms with E-state index in [9.17, 15) is 19.2 Å². The Hall–Kier alpha value is -3.54. The highest BCUT2D eigenvalue weighted by Crippen LogP contribution is 2.32. The van der Waals surface area contributed by atoms with Crippen LogP contribution in [0.25, 0.3) is 0 Å². The molecular weight excluding hydrogens is 526 g/mol. The second-order valence-corrected chi connectivity index (χ2v) is 10.4.